The normalized spacial score (nSPS) is 11.3. The van der Waals surface area contributed by atoms with Gasteiger partial charge in [0.15, 0.2) is 5.17 Å². The topological polar surface area (TPSA) is 113 Å². The van der Waals surface area contributed by atoms with Gasteiger partial charge in [-0.05, 0) is 0 Å². The number of hydrogen-bond acceptors (Lipinski definition) is 5. The number of hydrogen-bond donors (Lipinski definition) is 3. The molecule has 0 bridgehead atoms. The van der Waals surface area contributed by atoms with Crippen molar-refractivity contribution in [1.29, 1.82) is 5.41 Å². The molecule has 0 radical (unpaired) electrons. The highest BCUT2D eigenvalue weighted by Gasteiger charge is 2.03. The van der Waals surface area contributed by atoms with Crippen molar-refractivity contribution >= 4 is 27.3 Å². The van der Waals surface area contributed by atoms with E-state index in [1.54, 1.807) is 0 Å². The maximum absolute atomic E-state index is 9.82. The van der Waals surface area contributed by atoms with Crippen LogP contribution in [0.5, 0.6) is 0 Å². The van der Waals surface area contributed by atoms with Gasteiger partial charge in [0.25, 0.3) is 0 Å². The Balaban J connectivity index is 3.49. The van der Waals surface area contributed by atoms with Crippen molar-refractivity contribution in [2.24, 2.45) is 5.73 Å². The summed E-state index contributed by atoms with van der Waals surface area (Å²) in [4.78, 5) is 0. The fourth-order valence-electron chi connectivity index (χ4n) is 0.148. The number of amidine groups is 1. The number of thioether (sulfide) groups is 1. The lowest BCUT2D eigenvalue weighted by atomic mass is 11.4. The molecule has 0 amide bonds. The molecule has 60 valence electrons. The van der Waals surface area contributed by atoms with Crippen molar-refractivity contribution in [3.8, 4) is 0 Å². The predicted octanol–water partition coefficient (Wildman–Crippen LogP) is -0.610. The highest BCUT2D eigenvalue weighted by molar-refractivity contribution is 8.13. The third-order valence-electron chi connectivity index (χ3n) is 0.411. The molecule has 0 spiro atoms. The summed E-state index contributed by atoms with van der Waals surface area (Å²) in [6.07, 6.45) is 0. The van der Waals surface area contributed by atoms with Crippen molar-refractivity contribution in [3.05, 3.63) is 0 Å². The van der Waals surface area contributed by atoms with Gasteiger partial charge in [-0.15, -0.1) is 0 Å². The number of nitrogens with two attached hydrogens (primary N) is 1. The lowest BCUT2D eigenvalue weighted by Gasteiger charge is -1.96. The average Bonchev–Trinajstić information content (AvgIpc) is 1.59. The first kappa shape index (κ1) is 9.69. The summed E-state index contributed by atoms with van der Waals surface area (Å²) in [7, 11) is -4.39. The molecule has 0 saturated heterocycles. The summed E-state index contributed by atoms with van der Waals surface area (Å²) in [5.74, 6) is -0.381. The molecule has 0 aromatic heterocycles. The molecule has 0 aliphatic carbocycles. The van der Waals surface area contributed by atoms with Gasteiger partial charge in [0, 0.05) is 0 Å². The van der Waals surface area contributed by atoms with E-state index in [1.807, 2.05) is 0 Å². The second-order valence-electron chi connectivity index (χ2n) is 1.17. The largest absolute Gasteiger partial charge is 0.398 e. The van der Waals surface area contributed by atoms with Crippen LogP contribution in [0.3, 0.4) is 0 Å². The second-order valence-corrected chi connectivity index (χ2v) is 3.23. The average molecular weight is 186 g/mol. The predicted molar refractivity (Wildman–Crippen MR) is 37.0 cm³/mol. The van der Waals surface area contributed by atoms with Gasteiger partial charge in [-0.2, -0.15) is 8.42 Å². The Hall–Kier alpha value is -0.310. The van der Waals surface area contributed by atoms with Crippen molar-refractivity contribution < 1.29 is 17.2 Å². The Labute approximate surface area is 62.2 Å². The van der Waals surface area contributed by atoms with E-state index >= 15 is 0 Å². The van der Waals surface area contributed by atoms with Crippen LogP contribution in [0.2, 0.25) is 0 Å². The van der Waals surface area contributed by atoms with Crippen molar-refractivity contribution in [2.45, 2.75) is 0 Å². The maximum Gasteiger partial charge on any atom is 0.398 e. The van der Waals surface area contributed by atoms with Gasteiger partial charge < -0.3 is 5.73 Å². The molecule has 0 fully saturated rings. The first-order chi connectivity index (χ1) is 4.42. The zero-order valence-corrected chi connectivity index (χ0v) is 6.41. The molecule has 0 unspecified atom stereocenters. The van der Waals surface area contributed by atoms with Gasteiger partial charge in [-0.25, -0.2) is 4.18 Å². The molecule has 4 N–H and O–H groups in total. The van der Waals surface area contributed by atoms with Gasteiger partial charge in [0.05, 0.1) is 0 Å². The molecule has 0 aliphatic rings. The molecular formula is C2H6N2O4S2. The molecule has 0 aromatic carbocycles. The lowest BCUT2D eigenvalue weighted by molar-refractivity contribution is 0.313. The minimum atomic E-state index is -4.39. The Morgan fingerprint density at radius 2 is 2.30 bits per heavy atom. The van der Waals surface area contributed by atoms with Crippen LogP contribution in [0.4, 0.5) is 0 Å². The van der Waals surface area contributed by atoms with Crippen molar-refractivity contribution in [1.82, 2.24) is 0 Å². The molecule has 8 heteroatoms. The van der Waals surface area contributed by atoms with Crippen LogP contribution < -0.4 is 5.73 Å². The molecule has 6 nitrogen and oxygen atoms in total. The molecule has 0 heterocycles. The lowest BCUT2D eigenvalue weighted by Crippen LogP contribution is -2.08. The maximum atomic E-state index is 9.82. The van der Waals surface area contributed by atoms with Crippen LogP contribution >= 0.6 is 11.8 Å². The summed E-state index contributed by atoms with van der Waals surface area (Å²) in [5, 5.41) is 6.31. The van der Waals surface area contributed by atoms with E-state index in [0.717, 1.165) is 0 Å². The Bertz CT molecular complexity index is 209. The highest BCUT2D eigenvalue weighted by Crippen LogP contribution is 2.00. The van der Waals surface area contributed by atoms with Gasteiger partial charge in [-0.1, -0.05) is 11.8 Å². The fourth-order valence-corrected chi connectivity index (χ4v) is 0.954. The van der Waals surface area contributed by atoms with Gasteiger partial charge >= 0.3 is 10.4 Å². The number of nitrogens with one attached hydrogen (secondary N) is 1. The first-order valence-corrected chi connectivity index (χ1v) is 4.35. The third-order valence-corrected chi connectivity index (χ3v) is 1.52. The standard InChI is InChI=1S/C2H6N2O4S2/c3-2(4)9-1-8-10(5,6)7/h1H2,(H3,3,4)(H,5,6,7). The van der Waals surface area contributed by atoms with E-state index in [9.17, 15) is 8.42 Å². The van der Waals surface area contributed by atoms with Crippen molar-refractivity contribution in [2.75, 3.05) is 5.94 Å². The van der Waals surface area contributed by atoms with Crippen LogP contribution in [0.1, 0.15) is 0 Å². The van der Waals surface area contributed by atoms with E-state index in [-0.39, 0.29) is 11.1 Å². The van der Waals surface area contributed by atoms with Gasteiger partial charge in [0.2, 0.25) is 0 Å². The van der Waals surface area contributed by atoms with E-state index < -0.39 is 10.4 Å². The quantitative estimate of drug-likeness (QED) is 0.234. The Morgan fingerprint density at radius 1 is 1.80 bits per heavy atom. The van der Waals surface area contributed by atoms with Gasteiger partial charge in [0.1, 0.15) is 5.94 Å². The third kappa shape index (κ3) is 7.69. The van der Waals surface area contributed by atoms with Crippen LogP contribution in [0.15, 0.2) is 0 Å². The van der Waals surface area contributed by atoms with Crippen molar-refractivity contribution in [3.63, 3.8) is 0 Å². The molecule has 10 heavy (non-hydrogen) atoms. The molecular weight excluding hydrogens is 180 g/mol. The highest BCUT2D eigenvalue weighted by atomic mass is 32.3. The summed E-state index contributed by atoms with van der Waals surface area (Å²) in [6.45, 7) is 0. The minimum Gasteiger partial charge on any atom is -0.379 e. The second kappa shape index (κ2) is 3.76. The zero-order chi connectivity index (χ0) is 8.20. The summed E-state index contributed by atoms with van der Waals surface area (Å²) < 4.78 is 31.4. The first-order valence-electron chi connectivity index (χ1n) is 2.00. The SMILES string of the molecule is N=C(N)SCOS(=O)(=O)O. The molecule has 0 aliphatic heterocycles. The van der Waals surface area contributed by atoms with E-state index in [4.69, 9.17) is 15.7 Å². The summed E-state index contributed by atoms with van der Waals surface area (Å²) >= 11 is 0.658. The van der Waals surface area contributed by atoms with Crippen LogP contribution in [-0.4, -0.2) is 24.1 Å². The summed E-state index contributed by atoms with van der Waals surface area (Å²) in [5.41, 5.74) is 4.81. The van der Waals surface area contributed by atoms with Crippen LogP contribution in [-0.2, 0) is 14.6 Å². The fraction of sp³-hybridized carbons (Fsp3) is 0.500. The smallest absolute Gasteiger partial charge is 0.379 e. The molecule has 0 aromatic rings. The Morgan fingerprint density at radius 3 is 2.60 bits per heavy atom. The molecule has 0 saturated carbocycles. The molecule has 0 atom stereocenters. The van der Waals surface area contributed by atoms with E-state index in [2.05, 4.69) is 4.18 Å². The summed E-state index contributed by atoms with van der Waals surface area (Å²) in [6, 6.07) is 0. The van der Waals surface area contributed by atoms with Crippen LogP contribution in [0, 0.1) is 5.41 Å². The molecule has 0 rings (SSSR count). The monoisotopic (exact) mass is 186 g/mol. The minimum absolute atomic E-state index is 0.274. The van der Waals surface area contributed by atoms with E-state index in [0.29, 0.717) is 11.8 Å². The van der Waals surface area contributed by atoms with Crippen LogP contribution in [0.25, 0.3) is 0 Å². The van der Waals surface area contributed by atoms with Gasteiger partial charge in [-0.3, -0.25) is 9.96 Å². The number of rotatable bonds is 3. The zero-order valence-electron chi connectivity index (χ0n) is 4.77. The Kier molecular flexibility index (Phi) is 3.64. The van der Waals surface area contributed by atoms with E-state index in [1.165, 1.54) is 0 Å².